The maximum Gasteiger partial charge on any atom is 0.416 e. The summed E-state index contributed by atoms with van der Waals surface area (Å²) in [5.41, 5.74) is -0.439. The molecule has 3 aromatic rings. The highest BCUT2D eigenvalue weighted by atomic mass is 35.5. The maximum absolute atomic E-state index is 13.5. The maximum atomic E-state index is 13.5. The highest BCUT2D eigenvalue weighted by Crippen LogP contribution is 2.34. The molecule has 1 aliphatic heterocycles. The normalized spacial score (nSPS) is 16.1. The van der Waals surface area contributed by atoms with E-state index >= 15 is 0 Å². The molecule has 1 amide bonds. The largest absolute Gasteiger partial charge is 0.497 e. The van der Waals surface area contributed by atoms with Gasteiger partial charge in [0, 0.05) is 50.2 Å². The van der Waals surface area contributed by atoms with Gasteiger partial charge in [0.1, 0.15) is 5.75 Å². The van der Waals surface area contributed by atoms with E-state index < -0.39 is 35.4 Å². The van der Waals surface area contributed by atoms with Crippen molar-refractivity contribution in [2.75, 3.05) is 26.7 Å². The molecule has 1 aromatic heterocycles. The Morgan fingerprint density at radius 3 is 2.17 bits per heavy atom. The number of ether oxygens (including phenoxy) is 1. The molecular formula is C27H27Cl2F6N3O2. The van der Waals surface area contributed by atoms with Gasteiger partial charge >= 0.3 is 12.4 Å². The number of nitrogens with zero attached hydrogens (tertiary/aromatic N) is 3. The third-order valence-electron chi connectivity index (χ3n) is 6.43. The number of methoxy groups -OCH3 is 1. The van der Waals surface area contributed by atoms with Gasteiger partial charge in [-0.15, -0.1) is 24.8 Å². The standard InChI is InChI=1S/C27H25F6N3O2.2ClH/c1-38-24-13-20(12-22(14-24)27(31,32)33)25(37)36-10-9-35(16-19-3-2-8-34-15-19)17-23(36)11-18-4-6-21(7-5-18)26(28,29)30;;/h2-8,12-15,23H,9-11,16-17H2,1H3;2*1H/t23-;;/m1../s1. The fourth-order valence-electron chi connectivity index (χ4n) is 4.53. The van der Waals surface area contributed by atoms with Gasteiger partial charge in [-0.25, -0.2) is 0 Å². The molecule has 0 unspecified atom stereocenters. The van der Waals surface area contributed by atoms with Crippen molar-refractivity contribution in [3.05, 3.63) is 94.8 Å². The van der Waals surface area contributed by atoms with Crippen LogP contribution in [0.1, 0.15) is 32.6 Å². The van der Waals surface area contributed by atoms with E-state index in [-0.39, 0.29) is 49.1 Å². The van der Waals surface area contributed by atoms with Crippen molar-refractivity contribution >= 4 is 30.7 Å². The lowest BCUT2D eigenvalue weighted by atomic mass is 9.99. The summed E-state index contributed by atoms with van der Waals surface area (Å²) in [6, 6.07) is 10.8. The summed E-state index contributed by atoms with van der Waals surface area (Å²) in [4.78, 5) is 21.2. The van der Waals surface area contributed by atoms with Crippen LogP contribution in [-0.4, -0.2) is 53.5 Å². The molecule has 1 atom stereocenters. The van der Waals surface area contributed by atoms with Gasteiger partial charge in [-0.05, 0) is 53.9 Å². The molecule has 0 saturated carbocycles. The topological polar surface area (TPSA) is 45.7 Å². The monoisotopic (exact) mass is 609 g/mol. The summed E-state index contributed by atoms with van der Waals surface area (Å²) in [6.07, 6.45) is -5.56. The van der Waals surface area contributed by atoms with E-state index in [2.05, 4.69) is 9.88 Å². The lowest BCUT2D eigenvalue weighted by Crippen LogP contribution is -2.55. The number of aromatic nitrogens is 1. The number of hydrogen-bond acceptors (Lipinski definition) is 4. The zero-order chi connectivity index (χ0) is 27.5. The van der Waals surface area contributed by atoms with Crippen LogP contribution in [0.15, 0.2) is 67.0 Å². The number of alkyl halides is 6. The summed E-state index contributed by atoms with van der Waals surface area (Å²) in [5, 5.41) is 0. The second kappa shape index (κ2) is 13.6. The first-order chi connectivity index (χ1) is 17.9. The van der Waals surface area contributed by atoms with Crippen LogP contribution in [0, 0.1) is 0 Å². The van der Waals surface area contributed by atoms with Crippen LogP contribution in [0.4, 0.5) is 26.3 Å². The number of pyridine rings is 1. The van der Waals surface area contributed by atoms with E-state index in [1.165, 1.54) is 30.2 Å². The first-order valence-electron chi connectivity index (χ1n) is 11.8. The van der Waals surface area contributed by atoms with Crippen molar-refractivity contribution in [2.45, 2.75) is 31.4 Å². The highest BCUT2D eigenvalue weighted by Gasteiger charge is 2.35. The molecule has 40 heavy (non-hydrogen) atoms. The Bertz CT molecular complexity index is 1260. The van der Waals surface area contributed by atoms with Crippen molar-refractivity contribution in [3.8, 4) is 5.75 Å². The molecule has 218 valence electrons. The minimum absolute atomic E-state index is 0. The van der Waals surface area contributed by atoms with Crippen LogP contribution in [0.25, 0.3) is 0 Å². The van der Waals surface area contributed by atoms with Crippen molar-refractivity contribution in [1.82, 2.24) is 14.8 Å². The second-order valence-corrected chi connectivity index (χ2v) is 9.10. The predicted octanol–water partition coefficient (Wildman–Crippen LogP) is 6.54. The van der Waals surface area contributed by atoms with Gasteiger partial charge in [0.25, 0.3) is 5.91 Å². The second-order valence-electron chi connectivity index (χ2n) is 9.10. The molecule has 1 fully saturated rings. The summed E-state index contributed by atoms with van der Waals surface area (Å²) < 4.78 is 84.4. The third kappa shape index (κ3) is 8.25. The number of benzene rings is 2. The van der Waals surface area contributed by atoms with Crippen LogP contribution in [0.3, 0.4) is 0 Å². The Balaban J connectivity index is 0.00000280. The number of carbonyl (C=O) groups is 1. The Kier molecular flexibility index (Phi) is 11.3. The molecule has 0 N–H and O–H groups in total. The average molecular weight is 610 g/mol. The smallest absolute Gasteiger partial charge is 0.416 e. The lowest BCUT2D eigenvalue weighted by Gasteiger charge is -2.42. The van der Waals surface area contributed by atoms with Crippen molar-refractivity contribution in [1.29, 1.82) is 0 Å². The van der Waals surface area contributed by atoms with Gasteiger partial charge in [-0.2, -0.15) is 26.3 Å². The summed E-state index contributed by atoms with van der Waals surface area (Å²) in [7, 11) is 1.22. The molecule has 2 aromatic carbocycles. The molecule has 0 aliphatic carbocycles. The number of amides is 1. The zero-order valence-corrected chi connectivity index (χ0v) is 22.8. The molecule has 0 spiro atoms. The van der Waals surface area contributed by atoms with Crippen molar-refractivity contribution in [2.24, 2.45) is 0 Å². The molecule has 5 nitrogen and oxygen atoms in total. The van der Waals surface area contributed by atoms with Gasteiger partial charge < -0.3 is 9.64 Å². The van der Waals surface area contributed by atoms with Gasteiger partial charge in [0.15, 0.2) is 0 Å². The number of carbonyl (C=O) groups excluding carboxylic acids is 1. The SMILES string of the molecule is COc1cc(C(=O)N2CCN(Cc3cccnc3)C[C@H]2Cc2ccc(C(F)(F)F)cc2)cc(C(F)(F)F)c1.Cl.Cl. The summed E-state index contributed by atoms with van der Waals surface area (Å²) in [6.45, 7) is 1.59. The van der Waals surface area contributed by atoms with Crippen LogP contribution in [0.2, 0.25) is 0 Å². The first kappa shape index (κ1) is 33.2. The van der Waals surface area contributed by atoms with Crippen molar-refractivity contribution in [3.63, 3.8) is 0 Å². The molecule has 0 bridgehead atoms. The van der Waals surface area contributed by atoms with E-state index in [0.29, 0.717) is 25.2 Å². The quantitative estimate of drug-likeness (QED) is 0.298. The van der Waals surface area contributed by atoms with Gasteiger partial charge in [-0.3, -0.25) is 14.7 Å². The van der Waals surface area contributed by atoms with E-state index in [0.717, 1.165) is 29.8 Å². The minimum Gasteiger partial charge on any atom is -0.497 e. The average Bonchev–Trinajstić information content (AvgIpc) is 2.88. The highest BCUT2D eigenvalue weighted by molar-refractivity contribution is 5.95. The summed E-state index contributed by atoms with van der Waals surface area (Å²) in [5.74, 6) is -0.704. The number of halogens is 8. The van der Waals surface area contributed by atoms with Crippen LogP contribution >= 0.6 is 24.8 Å². The molecule has 1 saturated heterocycles. The Hall–Kier alpha value is -3.02. The minimum atomic E-state index is -4.67. The van der Waals surface area contributed by atoms with Gasteiger partial charge in [0.2, 0.25) is 0 Å². The lowest BCUT2D eigenvalue weighted by molar-refractivity contribution is -0.138. The molecule has 0 radical (unpaired) electrons. The zero-order valence-electron chi connectivity index (χ0n) is 21.2. The van der Waals surface area contributed by atoms with E-state index in [1.807, 2.05) is 6.07 Å². The van der Waals surface area contributed by atoms with Crippen LogP contribution < -0.4 is 4.74 Å². The Labute approximate surface area is 240 Å². The number of rotatable bonds is 6. The Morgan fingerprint density at radius 1 is 0.925 bits per heavy atom. The van der Waals surface area contributed by atoms with Crippen LogP contribution in [-0.2, 0) is 25.3 Å². The third-order valence-corrected chi connectivity index (χ3v) is 6.43. The fraction of sp³-hybridized carbons (Fsp3) is 0.333. The first-order valence-corrected chi connectivity index (χ1v) is 11.8. The Morgan fingerprint density at radius 2 is 1.60 bits per heavy atom. The predicted molar refractivity (Wildman–Crippen MR) is 142 cm³/mol. The fourth-order valence-corrected chi connectivity index (χ4v) is 4.53. The molecule has 4 rings (SSSR count). The number of piperazine rings is 1. The van der Waals surface area contributed by atoms with Crippen LogP contribution in [0.5, 0.6) is 5.75 Å². The summed E-state index contributed by atoms with van der Waals surface area (Å²) >= 11 is 0. The van der Waals surface area contributed by atoms with E-state index in [4.69, 9.17) is 4.74 Å². The van der Waals surface area contributed by atoms with E-state index in [1.54, 1.807) is 18.5 Å². The molecule has 13 heteroatoms. The van der Waals surface area contributed by atoms with Gasteiger partial charge in [0.05, 0.1) is 18.2 Å². The van der Waals surface area contributed by atoms with Crippen molar-refractivity contribution < 1.29 is 35.9 Å². The number of hydrogen-bond donors (Lipinski definition) is 0. The van der Waals surface area contributed by atoms with E-state index in [9.17, 15) is 31.1 Å². The molecule has 2 heterocycles. The van der Waals surface area contributed by atoms with Gasteiger partial charge in [-0.1, -0.05) is 18.2 Å². The molecule has 1 aliphatic rings. The molecular weight excluding hydrogens is 583 g/mol.